The number of likely N-dealkylation sites (tertiary alicyclic amines) is 1. The largest absolute Gasteiger partial charge is 0.494 e. The summed E-state index contributed by atoms with van der Waals surface area (Å²) in [5.74, 6) is 0.472. The number of carbonyl (C=O) groups is 2. The predicted octanol–water partition coefficient (Wildman–Crippen LogP) is 7.60. The Labute approximate surface area is 302 Å². The molecule has 0 radical (unpaired) electrons. The van der Waals surface area contributed by atoms with Crippen LogP contribution < -0.4 is 10.5 Å². The van der Waals surface area contributed by atoms with Crippen LogP contribution in [0.4, 0.5) is 4.79 Å². The Balaban J connectivity index is 1.29. The maximum atomic E-state index is 15.0. The number of amides is 2. The first-order valence-corrected chi connectivity index (χ1v) is 18.5. The molecular formula is C42H54N4O5. The Morgan fingerprint density at radius 3 is 2.43 bits per heavy atom. The van der Waals surface area contributed by atoms with E-state index in [4.69, 9.17) is 19.9 Å². The summed E-state index contributed by atoms with van der Waals surface area (Å²) in [5.41, 5.74) is 10.6. The van der Waals surface area contributed by atoms with Crippen molar-refractivity contribution in [1.82, 2.24) is 14.4 Å². The normalized spacial score (nSPS) is 17.8. The van der Waals surface area contributed by atoms with Gasteiger partial charge in [-0.25, -0.2) is 4.79 Å². The minimum Gasteiger partial charge on any atom is -0.494 e. The first-order valence-electron chi connectivity index (χ1n) is 18.5. The first-order chi connectivity index (χ1) is 24.6. The summed E-state index contributed by atoms with van der Waals surface area (Å²) in [6.45, 7) is 9.77. The van der Waals surface area contributed by atoms with Crippen LogP contribution in [0.1, 0.15) is 69.9 Å². The Morgan fingerprint density at radius 2 is 1.71 bits per heavy atom. The molecule has 2 N–H and O–H groups in total. The number of fused-ring (bicyclic) bond motifs is 1. The quantitative estimate of drug-likeness (QED) is 0.137. The van der Waals surface area contributed by atoms with Crippen LogP contribution in [0.2, 0.25) is 0 Å². The van der Waals surface area contributed by atoms with E-state index in [0.717, 1.165) is 60.2 Å². The zero-order valence-electron chi connectivity index (χ0n) is 30.7. The van der Waals surface area contributed by atoms with E-state index in [1.807, 2.05) is 32.9 Å². The third-order valence-corrected chi connectivity index (χ3v) is 9.93. The van der Waals surface area contributed by atoms with Gasteiger partial charge >= 0.3 is 6.09 Å². The molecule has 2 atom stereocenters. The number of ether oxygens (including phenoxy) is 3. The van der Waals surface area contributed by atoms with Crippen molar-refractivity contribution < 1.29 is 23.8 Å². The second-order valence-electron chi connectivity index (χ2n) is 15.0. The molecule has 1 aromatic heterocycles. The zero-order chi connectivity index (χ0) is 36.0. The average molecular weight is 695 g/mol. The Bertz CT molecular complexity index is 1770. The Hall–Kier alpha value is -4.34. The van der Waals surface area contributed by atoms with Gasteiger partial charge in [0.15, 0.2) is 0 Å². The van der Waals surface area contributed by atoms with Gasteiger partial charge in [0.05, 0.1) is 12.5 Å². The summed E-state index contributed by atoms with van der Waals surface area (Å²) in [7, 11) is 1.73. The summed E-state index contributed by atoms with van der Waals surface area (Å²) in [5, 5.41) is 1.17. The van der Waals surface area contributed by atoms with Crippen LogP contribution >= 0.6 is 0 Å². The lowest BCUT2D eigenvalue weighted by Gasteiger charge is -2.40. The maximum Gasteiger partial charge on any atom is 0.410 e. The van der Waals surface area contributed by atoms with E-state index < -0.39 is 11.5 Å². The monoisotopic (exact) mass is 694 g/mol. The molecule has 51 heavy (non-hydrogen) atoms. The van der Waals surface area contributed by atoms with Crippen molar-refractivity contribution in [2.45, 2.75) is 83.5 Å². The van der Waals surface area contributed by atoms with Gasteiger partial charge < -0.3 is 34.3 Å². The lowest BCUT2D eigenvalue weighted by atomic mass is 9.79. The molecule has 2 aliphatic rings. The second kappa shape index (κ2) is 16.3. The maximum absolute atomic E-state index is 15.0. The number of nitrogens with two attached hydrogens (primary N) is 1. The van der Waals surface area contributed by atoms with Crippen molar-refractivity contribution in [3.05, 3.63) is 90.1 Å². The van der Waals surface area contributed by atoms with Crippen LogP contribution in [-0.2, 0) is 27.4 Å². The molecule has 2 fully saturated rings. The highest BCUT2D eigenvalue weighted by Gasteiger charge is 2.43. The number of hydrogen-bond acceptors (Lipinski definition) is 6. The summed E-state index contributed by atoms with van der Waals surface area (Å²) >= 11 is 0. The lowest BCUT2D eigenvalue weighted by Crippen LogP contribution is -2.51. The van der Waals surface area contributed by atoms with Crippen molar-refractivity contribution in [3.63, 3.8) is 0 Å². The highest BCUT2D eigenvalue weighted by Crippen LogP contribution is 2.40. The summed E-state index contributed by atoms with van der Waals surface area (Å²) in [4.78, 5) is 32.2. The smallest absolute Gasteiger partial charge is 0.410 e. The molecule has 9 heteroatoms. The number of benzene rings is 3. The molecule has 0 spiro atoms. The Kier molecular flexibility index (Phi) is 11.7. The molecule has 3 aromatic carbocycles. The zero-order valence-corrected chi connectivity index (χ0v) is 30.7. The van der Waals surface area contributed by atoms with Gasteiger partial charge in [0, 0.05) is 63.0 Å². The average Bonchev–Trinajstić information content (AvgIpc) is 3.92. The van der Waals surface area contributed by atoms with Gasteiger partial charge in [-0.3, -0.25) is 4.79 Å². The molecule has 1 saturated carbocycles. The minimum atomic E-state index is -0.621. The number of para-hydroxylation sites is 1. The van der Waals surface area contributed by atoms with Crippen molar-refractivity contribution in [1.29, 1.82) is 0 Å². The number of rotatable bonds is 14. The highest BCUT2D eigenvalue weighted by molar-refractivity contribution is 5.86. The topological polar surface area (TPSA) is 99.3 Å². The van der Waals surface area contributed by atoms with Crippen molar-refractivity contribution in [2.24, 2.45) is 11.7 Å². The van der Waals surface area contributed by atoms with E-state index in [1.165, 1.54) is 10.9 Å². The van der Waals surface area contributed by atoms with Gasteiger partial charge in [-0.2, -0.15) is 0 Å². The fourth-order valence-corrected chi connectivity index (χ4v) is 7.24. The number of carbonyl (C=O) groups excluding carboxylic acids is 2. The van der Waals surface area contributed by atoms with E-state index in [1.54, 1.807) is 12.0 Å². The van der Waals surface area contributed by atoms with E-state index in [2.05, 4.69) is 76.3 Å². The van der Waals surface area contributed by atoms with Gasteiger partial charge in [-0.05, 0) is 106 Å². The molecule has 4 aromatic rings. The van der Waals surface area contributed by atoms with Crippen molar-refractivity contribution in [2.75, 3.05) is 40.0 Å². The molecular weight excluding hydrogens is 640 g/mol. The van der Waals surface area contributed by atoms with Gasteiger partial charge in [-0.15, -0.1) is 0 Å². The Morgan fingerprint density at radius 1 is 0.922 bits per heavy atom. The van der Waals surface area contributed by atoms with Crippen LogP contribution in [0.15, 0.2) is 79.0 Å². The number of methoxy groups -OCH3 is 1. The molecule has 1 aliphatic carbocycles. The number of piperidine rings is 1. The summed E-state index contributed by atoms with van der Waals surface area (Å²) < 4.78 is 19.2. The molecule has 6 rings (SSSR count). The highest BCUT2D eigenvalue weighted by atomic mass is 16.6. The van der Waals surface area contributed by atoms with Crippen LogP contribution in [0.25, 0.3) is 22.0 Å². The number of aromatic nitrogens is 1. The number of hydrogen-bond donors (Lipinski definition) is 1. The second-order valence-corrected chi connectivity index (χ2v) is 15.0. The van der Waals surface area contributed by atoms with Gasteiger partial charge in [-0.1, -0.05) is 54.6 Å². The van der Waals surface area contributed by atoms with Crippen molar-refractivity contribution >= 4 is 22.9 Å². The van der Waals surface area contributed by atoms with Crippen LogP contribution in [0.3, 0.4) is 0 Å². The fourth-order valence-electron chi connectivity index (χ4n) is 7.24. The van der Waals surface area contributed by atoms with Crippen LogP contribution in [0, 0.1) is 5.92 Å². The van der Waals surface area contributed by atoms with E-state index in [9.17, 15) is 9.59 Å². The van der Waals surface area contributed by atoms with Crippen LogP contribution in [-0.4, -0.2) is 78.0 Å². The van der Waals surface area contributed by atoms with E-state index in [-0.39, 0.29) is 24.0 Å². The van der Waals surface area contributed by atoms with Gasteiger partial charge in [0.1, 0.15) is 11.4 Å². The number of nitrogens with zero attached hydrogens (tertiary/aromatic N) is 3. The fraction of sp³-hybridized carbons (Fsp3) is 0.476. The third-order valence-electron chi connectivity index (χ3n) is 9.93. The first kappa shape index (κ1) is 36.5. The van der Waals surface area contributed by atoms with Gasteiger partial charge in [0.25, 0.3) is 0 Å². The standard InChI is InChI=1S/C42H54N4O5/c1-42(2,3)51-41(48)45-23-20-36(32-11-7-10-31(26-32)30-14-18-35(19-15-30)50-25-8-21-43)38(29-45)40(47)46(34-16-17-34)28-33-27-44(22-9-24-49-4)39-13-6-5-12-37(33)39/h5-7,10-15,18-19,26-27,34,36,38H,8-9,16-17,20-25,28-29,43H2,1-4H3/t36-,38+/m1/s1. The molecule has 0 unspecified atom stereocenters. The summed E-state index contributed by atoms with van der Waals surface area (Å²) in [6, 6.07) is 25.3. The number of aryl methyl sites for hydroxylation is 1. The third kappa shape index (κ3) is 9.13. The molecule has 1 saturated heterocycles. The van der Waals surface area contributed by atoms with Crippen molar-refractivity contribution in [3.8, 4) is 16.9 Å². The molecule has 2 heterocycles. The van der Waals surface area contributed by atoms with E-state index in [0.29, 0.717) is 45.8 Å². The predicted molar refractivity (Wildman–Crippen MR) is 202 cm³/mol. The van der Waals surface area contributed by atoms with E-state index >= 15 is 0 Å². The van der Waals surface area contributed by atoms with Gasteiger partial charge in [0.2, 0.25) is 5.91 Å². The van der Waals surface area contributed by atoms with Crippen LogP contribution in [0.5, 0.6) is 5.75 Å². The molecule has 9 nitrogen and oxygen atoms in total. The molecule has 272 valence electrons. The molecule has 2 amide bonds. The lowest BCUT2D eigenvalue weighted by molar-refractivity contribution is -0.139. The summed E-state index contributed by atoms with van der Waals surface area (Å²) in [6.07, 6.45) is 6.23. The minimum absolute atomic E-state index is 0.0494. The molecule has 0 bridgehead atoms. The SMILES string of the molecule is COCCCn1cc(CN(C(=O)[C@H]2CN(C(=O)OC(C)(C)C)CC[C@@H]2c2cccc(-c3ccc(OCCCN)cc3)c2)C2CC2)c2ccccc21. The molecule has 1 aliphatic heterocycles.